The summed E-state index contributed by atoms with van der Waals surface area (Å²) in [6, 6.07) is 4.56. The summed E-state index contributed by atoms with van der Waals surface area (Å²) in [6.07, 6.45) is 5.13. The van der Waals surface area contributed by atoms with E-state index in [1.54, 1.807) is 11.2 Å². The van der Waals surface area contributed by atoms with Crippen LogP contribution in [0, 0.1) is 0 Å². The van der Waals surface area contributed by atoms with Gasteiger partial charge in [-0.15, -0.1) is 0 Å². The van der Waals surface area contributed by atoms with Crippen molar-refractivity contribution in [3.8, 4) is 0 Å². The zero-order valence-electron chi connectivity index (χ0n) is 14.1. The molecule has 0 spiro atoms. The van der Waals surface area contributed by atoms with Crippen molar-refractivity contribution in [2.45, 2.75) is 56.9 Å². The normalized spacial score (nSPS) is 16.3. The van der Waals surface area contributed by atoms with Crippen LogP contribution in [0.25, 0.3) is 0 Å². The summed E-state index contributed by atoms with van der Waals surface area (Å²) in [5.41, 5.74) is 0.336. The molecule has 1 saturated carbocycles. The van der Waals surface area contributed by atoms with E-state index in [2.05, 4.69) is 15.9 Å². The summed E-state index contributed by atoms with van der Waals surface area (Å²) in [5.74, 6) is -0.457. The van der Waals surface area contributed by atoms with Crippen LogP contribution in [0.4, 0.5) is 0 Å². The van der Waals surface area contributed by atoms with Gasteiger partial charge >= 0.3 is 5.97 Å². The molecule has 0 atom stereocenters. The molecule has 7 heteroatoms. The van der Waals surface area contributed by atoms with Crippen LogP contribution in [0.15, 0.2) is 27.6 Å². The average molecular weight is 418 g/mol. The lowest BCUT2D eigenvalue weighted by Gasteiger charge is -2.32. The first-order chi connectivity index (χ1) is 11.4. The third-order valence-corrected chi connectivity index (χ3v) is 7.33. The molecule has 0 bridgehead atoms. The predicted octanol–water partition coefficient (Wildman–Crippen LogP) is 3.97. The monoisotopic (exact) mass is 417 g/mol. The van der Waals surface area contributed by atoms with Gasteiger partial charge < -0.3 is 4.74 Å². The molecule has 1 aromatic carbocycles. The number of ether oxygens (including phenoxy) is 1. The summed E-state index contributed by atoms with van der Waals surface area (Å²) >= 11 is 3.31. The largest absolute Gasteiger partial charge is 0.462 e. The van der Waals surface area contributed by atoms with Crippen LogP contribution in [0.3, 0.4) is 0 Å². The molecular formula is C17H24BrNO4S. The van der Waals surface area contributed by atoms with Gasteiger partial charge in [0.2, 0.25) is 10.0 Å². The Bertz CT molecular complexity index is 684. The van der Waals surface area contributed by atoms with Crippen LogP contribution >= 0.6 is 15.9 Å². The second-order valence-electron chi connectivity index (χ2n) is 5.87. The van der Waals surface area contributed by atoms with Crippen molar-refractivity contribution >= 4 is 31.9 Å². The highest BCUT2D eigenvalue weighted by atomic mass is 79.9. The number of nitrogens with zero attached hydrogens (tertiary/aromatic N) is 1. The van der Waals surface area contributed by atoms with Crippen molar-refractivity contribution in [2.24, 2.45) is 0 Å². The molecule has 134 valence electrons. The van der Waals surface area contributed by atoms with Crippen LogP contribution in [-0.4, -0.2) is 37.9 Å². The molecule has 0 unspecified atom stereocenters. The first-order valence-electron chi connectivity index (χ1n) is 8.40. The molecule has 1 fully saturated rings. The van der Waals surface area contributed by atoms with Gasteiger partial charge in [-0.3, -0.25) is 0 Å². The number of carbonyl (C=O) groups excluding carboxylic acids is 1. The minimum absolute atomic E-state index is 0.0605. The Hall–Kier alpha value is -0.920. The number of esters is 1. The molecule has 0 aliphatic heterocycles. The molecule has 0 radical (unpaired) electrons. The predicted molar refractivity (Wildman–Crippen MR) is 96.5 cm³/mol. The third kappa shape index (κ3) is 4.18. The van der Waals surface area contributed by atoms with Gasteiger partial charge in [0.05, 0.1) is 17.1 Å². The van der Waals surface area contributed by atoms with Crippen LogP contribution in [0.1, 0.15) is 56.3 Å². The molecule has 0 N–H and O–H groups in total. The van der Waals surface area contributed by atoms with Gasteiger partial charge in [-0.2, -0.15) is 4.31 Å². The summed E-state index contributed by atoms with van der Waals surface area (Å²) in [7, 11) is -3.60. The number of benzene rings is 1. The number of carbonyl (C=O) groups is 1. The van der Waals surface area contributed by atoms with Crippen LogP contribution in [0.2, 0.25) is 0 Å². The molecule has 5 nitrogen and oxygen atoms in total. The highest BCUT2D eigenvalue weighted by Gasteiger charge is 2.32. The lowest BCUT2D eigenvalue weighted by molar-refractivity contribution is 0.0526. The first kappa shape index (κ1) is 19.4. The Balaban J connectivity index is 2.32. The smallest absolute Gasteiger partial charge is 0.338 e. The summed E-state index contributed by atoms with van der Waals surface area (Å²) in [6.45, 7) is 4.32. The standard InChI is InChI=1S/C17H24BrNO4S/c1-3-19(14-8-6-5-7-9-14)24(21,22)16-11-10-13(12-15(16)18)17(20)23-4-2/h10-12,14H,3-9H2,1-2H3. The van der Waals surface area contributed by atoms with Crippen LogP contribution in [-0.2, 0) is 14.8 Å². The Morgan fingerprint density at radius 3 is 2.46 bits per heavy atom. The quantitative estimate of drug-likeness (QED) is 0.656. The van der Waals surface area contributed by atoms with E-state index >= 15 is 0 Å². The fraction of sp³-hybridized carbons (Fsp3) is 0.588. The molecule has 0 heterocycles. The van der Waals surface area contributed by atoms with Crippen molar-refractivity contribution in [3.63, 3.8) is 0 Å². The van der Waals surface area contributed by atoms with Gasteiger partial charge in [0.1, 0.15) is 0 Å². The van der Waals surface area contributed by atoms with Crippen molar-refractivity contribution in [2.75, 3.05) is 13.2 Å². The van der Waals surface area contributed by atoms with Crippen molar-refractivity contribution < 1.29 is 17.9 Å². The van der Waals surface area contributed by atoms with E-state index in [1.165, 1.54) is 24.6 Å². The van der Waals surface area contributed by atoms with Gasteiger partial charge in [0.25, 0.3) is 0 Å². The SMILES string of the molecule is CCOC(=O)c1ccc(S(=O)(=O)N(CC)C2CCCCC2)c(Br)c1. The molecule has 1 aliphatic carbocycles. The third-order valence-electron chi connectivity index (χ3n) is 4.32. The second kappa shape index (κ2) is 8.45. The van der Waals surface area contributed by atoms with E-state index in [4.69, 9.17) is 4.74 Å². The molecule has 0 aromatic heterocycles. The maximum absolute atomic E-state index is 13.1. The minimum atomic E-state index is -3.60. The highest BCUT2D eigenvalue weighted by Crippen LogP contribution is 2.31. The van der Waals surface area contributed by atoms with E-state index < -0.39 is 16.0 Å². The van der Waals surface area contributed by atoms with Gasteiger partial charge in [0.15, 0.2) is 0 Å². The minimum Gasteiger partial charge on any atom is -0.462 e. The van der Waals surface area contributed by atoms with E-state index in [1.807, 2.05) is 6.92 Å². The van der Waals surface area contributed by atoms with Gasteiger partial charge in [-0.05, 0) is 53.9 Å². The number of rotatable bonds is 6. The van der Waals surface area contributed by atoms with E-state index in [9.17, 15) is 13.2 Å². The lowest BCUT2D eigenvalue weighted by Crippen LogP contribution is -2.41. The van der Waals surface area contributed by atoms with E-state index in [0.717, 1.165) is 25.7 Å². The Labute approximate surface area is 152 Å². The van der Waals surface area contributed by atoms with E-state index in [0.29, 0.717) is 16.6 Å². The Morgan fingerprint density at radius 1 is 1.25 bits per heavy atom. The molecule has 0 saturated heterocycles. The highest BCUT2D eigenvalue weighted by molar-refractivity contribution is 9.10. The van der Waals surface area contributed by atoms with Gasteiger partial charge in [0, 0.05) is 17.1 Å². The van der Waals surface area contributed by atoms with Crippen LogP contribution < -0.4 is 0 Å². The summed E-state index contributed by atoms with van der Waals surface area (Å²) in [5, 5.41) is 0. The summed E-state index contributed by atoms with van der Waals surface area (Å²) < 4.78 is 33.1. The average Bonchev–Trinajstić information content (AvgIpc) is 2.56. The fourth-order valence-corrected chi connectivity index (χ4v) is 5.90. The Morgan fingerprint density at radius 2 is 1.92 bits per heavy atom. The molecular weight excluding hydrogens is 394 g/mol. The van der Waals surface area contributed by atoms with Gasteiger partial charge in [-0.1, -0.05) is 26.2 Å². The number of hydrogen-bond donors (Lipinski definition) is 0. The zero-order valence-corrected chi connectivity index (χ0v) is 16.5. The lowest BCUT2D eigenvalue weighted by atomic mass is 9.95. The fourth-order valence-electron chi connectivity index (χ4n) is 3.17. The van der Waals surface area contributed by atoms with E-state index in [-0.39, 0.29) is 17.5 Å². The maximum Gasteiger partial charge on any atom is 0.338 e. The molecule has 0 amide bonds. The topological polar surface area (TPSA) is 63.7 Å². The molecule has 1 aliphatic rings. The Kier molecular flexibility index (Phi) is 6.83. The summed E-state index contributed by atoms with van der Waals surface area (Å²) in [4.78, 5) is 12.0. The molecule has 1 aromatic rings. The number of hydrogen-bond acceptors (Lipinski definition) is 4. The molecule has 2 rings (SSSR count). The molecule has 24 heavy (non-hydrogen) atoms. The second-order valence-corrected chi connectivity index (χ2v) is 8.58. The number of halogens is 1. The van der Waals surface area contributed by atoms with Crippen molar-refractivity contribution in [1.29, 1.82) is 0 Å². The first-order valence-corrected chi connectivity index (χ1v) is 10.6. The zero-order chi connectivity index (χ0) is 17.7. The number of sulfonamides is 1. The van der Waals surface area contributed by atoms with Crippen molar-refractivity contribution in [3.05, 3.63) is 28.2 Å². The van der Waals surface area contributed by atoms with Crippen molar-refractivity contribution in [1.82, 2.24) is 4.31 Å². The van der Waals surface area contributed by atoms with Crippen LogP contribution in [0.5, 0.6) is 0 Å². The maximum atomic E-state index is 13.1. The van der Waals surface area contributed by atoms with Gasteiger partial charge in [-0.25, -0.2) is 13.2 Å².